The van der Waals surface area contributed by atoms with Crippen molar-refractivity contribution < 1.29 is 53.5 Å². The average molecular weight is 662 g/mol. The molecule has 17 heteroatoms. The molecular formula is C24H17Cl3F10N2O2. The van der Waals surface area contributed by atoms with E-state index in [1.165, 1.54) is 0 Å². The minimum absolute atomic E-state index is 0.0102. The van der Waals surface area contributed by atoms with E-state index in [4.69, 9.17) is 34.8 Å². The van der Waals surface area contributed by atoms with Gasteiger partial charge in [-0.2, -0.15) is 39.5 Å². The van der Waals surface area contributed by atoms with Crippen LogP contribution in [0.15, 0.2) is 36.4 Å². The molecular weight excluding hydrogens is 645 g/mol. The summed E-state index contributed by atoms with van der Waals surface area (Å²) in [4.78, 5) is 24.0. The third-order valence-electron chi connectivity index (χ3n) is 5.24. The molecule has 41 heavy (non-hydrogen) atoms. The maximum Gasteiger partial charge on any atom is 0.417 e. The van der Waals surface area contributed by atoms with Gasteiger partial charge in [0.25, 0.3) is 5.91 Å². The summed E-state index contributed by atoms with van der Waals surface area (Å²) < 4.78 is 134. The molecule has 2 rings (SSSR count). The maximum absolute atomic E-state index is 15.0. The topological polar surface area (TPSA) is 58.2 Å². The summed E-state index contributed by atoms with van der Waals surface area (Å²) in [6.07, 6.45) is -19.0. The number of rotatable bonds is 8. The summed E-state index contributed by atoms with van der Waals surface area (Å²) in [5.74, 6) is -7.07. The molecule has 226 valence electrons. The standard InChI is InChI=1S/C24H17Cl3F10N2O2/c1-10(38-19(40)4-5-22(29,30)31)39-21(41)13-3-2-11(6-15(13)24(35,36)37)18(28)9-14(23(32,33)34)12-7-16(25)20(27)17(26)8-12/h2-3,6-10,14H,4-5H2,1H3,(H,38,40)(H,39,41)/b18-9-/t10-,14?/m0/s1. The zero-order valence-electron chi connectivity index (χ0n) is 20.3. The molecule has 0 heterocycles. The van der Waals surface area contributed by atoms with Crippen LogP contribution in [0.25, 0.3) is 5.83 Å². The molecule has 1 unspecified atom stereocenters. The lowest BCUT2D eigenvalue weighted by molar-refractivity contribution is -0.144. The van der Waals surface area contributed by atoms with Gasteiger partial charge >= 0.3 is 18.5 Å². The summed E-state index contributed by atoms with van der Waals surface area (Å²) in [6.45, 7) is 1.06. The molecule has 0 spiro atoms. The first-order valence-electron chi connectivity index (χ1n) is 11.1. The smallest absolute Gasteiger partial charge is 0.336 e. The van der Waals surface area contributed by atoms with E-state index in [-0.39, 0.29) is 17.2 Å². The van der Waals surface area contributed by atoms with Crippen molar-refractivity contribution in [2.24, 2.45) is 0 Å². The van der Waals surface area contributed by atoms with Crippen molar-refractivity contribution >= 4 is 52.4 Å². The predicted molar refractivity (Wildman–Crippen MR) is 131 cm³/mol. The Morgan fingerprint density at radius 2 is 1.46 bits per heavy atom. The Morgan fingerprint density at radius 1 is 0.902 bits per heavy atom. The van der Waals surface area contributed by atoms with E-state index in [9.17, 15) is 53.5 Å². The van der Waals surface area contributed by atoms with Crippen molar-refractivity contribution in [3.63, 3.8) is 0 Å². The molecule has 0 radical (unpaired) electrons. The third kappa shape index (κ3) is 9.96. The van der Waals surface area contributed by atoms with E-state index in [0.29, 0.717) is 12.1 Å². The number of carbonyl (C=O) groups excluding carboxylic acids is 2. The summed E-state index contributed by atoms with van der Waals surface area (Å²) in [5.41, 5.74) is -4.48. The first kappa shape index (κ1) is 34.5. The van der Waals surface area contributed by atoms with Crippen LogP contribution in [0.5, 0.6) is 0 Å². The van der Waals surface area contributed by atoms with Gasteiger partial charge < -0.3 is 10.6 Å². The average Bonchev–Trinajstić information content (AvgIpc) is 2.82. The normalized spacial score (nSPS) is 14.4. The van der Waals surface area contributed by atoms with Crippen molar-refractivity contribution in [2.45, 2.75) is 50.4 Å². The third-order valence-corrected chi connectivity index (χ3v) is 6.43. The van der Waals surface area contributed by atoms with Crippen LogP contribution in [0, 0.1) is 0 Å². The highest BCUT2D eigenvalue weighted by molar-refractivity contribution is 6.48. The second kappa shape index (κ2) is 13.1. The van der Waals surface area contributed by atoms with Gasteiger partial charge in [0.15, 0.2) is 0 Å². The summed E-state index contributed by atoms with van der Waals surface area (Å²) in [5, 5.41) is 2.82. The number of halogens is 13. The van der Waals surface area contributed by atoms with Gasteiger partial charge in [0.2, 0.25) is 5.91 Å². The van der Waals surface area contributed by atoms with Crippen LogP contribution in [0.1, 0.15) is 52.7 Å². The van der Waals surface area contributed by atoms with Crippen molar-refractivity contribution in [1.29, 1.82) is 0 Å². The number of alkyl halides is 9. The summed E-state index contributed by atoms with van der Waals surface area (Å²) in [7, 11) is 0. The number of allylic oxidation sites excluding steroid dienone is 1. The van der Waals surface area contributed by atoms with Crippen molar-refractivity contribution in [3.8, 4) is 0 Å². The largest absolute Gasteiger partial charge is 0.417 e. The number of hydrogen-bond donors (Lipinski definition) is 2. The zero-order chi connectivity index (χ0) is 31.5. The van der Waals surface area contributed by atoms with Gasteiger partial charge in [-0.15, -0.1) is 0 Å². The zero-order valence-corrected chi connectivity index (χ0v) is 22.5. The van der Waals surface area contributed by atoms with Crippen molar-refractivity contribution in [3.05, 3.63) is 73.7 Å². The van der Waals surface area contributed by atoms with Crippen LogP contribution in [0.4, 0.5) is 43.9 Å². The molecule has 4 nitrogen and oxygen atoms in total. The van der Waals surface area contributed by atoms with Gasteiger partial charge in [0, 0.05) is 12.0 Å². The Hall–Kier alpha value is -2.71. The lowest BCUT2D eigenvalue weighted by Crippen LogP contribution is -2.46. The van der Waals surface area contributed by atoms with Crippen LogP contribution in [-0.2, 0) is 11.0 Å². The fraction of sp³-hybridized carbons (Fsp3) is 0.333. The van der Waals surface area contributed by atoms with Gasteiger partial charge in [0.05, 0.1) is 38.8 Å². The van der Waals surface area contributed by atoms with E-state index in [2.05, 4.69) is 0 Å². The van der Waals surface area contributed by atoms with E-state index in [0.717, 1.165) is 19.1 Å². The molecule has 0 saturated heterocycles. The fourth-order valence-corrected chi connectivity index (χ4v) is 3.99. The van der Waals surface area contributed by atoms with Crippen LogP contribution in [0.3, 0.4) is 0 Å². The minimum Gasteiger partial charge on any atom is -0.336 e. The Bertz CT molecular complexity index is 1300. The molecule has 2 atom stereocenters. The molecule has 0 aliphatic heterocycles. The molecule has 2 aromatic rings. The second-order valence-electron chi connectivity index (χ2n) is 8.47. The van der Waals surface area contributed by atoms with E-state index >= 15 is 0 Å². The van der Waals surface area contributed by atoms with Gasteiger partial charge in [-0.25, -0.2) is 4.39 Å². The van der Waals surface area contributed by atoms with Crippen LogP contribution in [-0.4, -0.2) is 30.3 Å². The fourth-order valence-electron chi connectivity index (χ4n) is 3.38. The maximum atomic E-state index is 15.0. The van der Waals surface area contributed by atoms with Gasteiger partial charge in [-0.1, -0.05) is 40.9 Å². The SMILES string of the molecule is C[C@@H](NC(=O)CCC(F)(F)F)NC(=O)c1ccc(/C(F)=C/C(c2cc(Cl)c(Cl)c(Cl)c2)C(F)(F)F)cc1C(F)(F)F. The van der Waals surface area contributed by atoms with Crippen LogP contribution < -0.4 is 10.6 Å². The number of amides is 2. The molecule has 2 aromatic carbocycles. The lowest BCUT2D eigenvalue weighted by atomic mass is 9.95. The number of benzene rings is 2. The Balaban J connectivity index is 2.39. The van der Waals surface area contributed by atoms with E-state index in [1.54, 1.807) is 0 Å². The molecule has 2 amide bonds. The highest BCUT2D eigenvalue weighted by atomic mass is 35.5. The predicted octanol–water partition coefficient (Wildman–Crippen LogP) is 8.86. The monoisotopic (exact) mass is 660 g/mol. The first-order chi connectivity index (χ1) is 18.6. The molecule has 0 aliphatic rings. The Morgan fingerprint density at radius 3 is 1.95 bits per heavy atom. The quantitative estimate of drug-likeness (QED) is 0.169. The number of carbonyl (C=O) groups is 2. The number of nitrogens with one attached hydrogen (secondary N) is 2. The summed E-state index contributed by atoms with van der Waals surface area (Å²) in [6, 6.07) is 2.71. The van der Waals surface area contributed by atoms with Gasteiger partial charge in [-0.05, 0) is 42.8 Å². The molecule has 2 N–H and O–H groups in total. The van der Waals surface area contributed by atoms with Gasteiger partial charge in [-0.3, -0.25) is 9.59 Å². The summed E-state index contributed by atoms with van der Waals surface area (Å²) >= 11 is 17.2. The Kier molecular flexibility index (Phi) is 11.0. The van der Waals surface area contributed by atoms with Gasteiger partial charge in [0.1, 0.15) is 11.7 Å². The van der Waals surface area contributed by atoms with Crippen LogP contribution >= 0.6 is 34.8 Å². The van der Waals surface area contributed by atoms with E-state index in [1.807, 2.05) is 10.6 Å². The molecule has 0 bridgehead atoms. The highest BCUT2D eigenvalue weighted by Crippen LogP contribution is 2.42. The van der Waals surface area contributed by atoms with Crippen molar-refractivity contribution in [1.82, 2.24) is 10.6 Å². The molecule has 0 fully saturated rings. The molecule has 0 saturated carbocycles. The molecule has 0 aliphatic carbocycles. The second-order valence-corrected chi connectivity index (χ2v) is 9.66. The Labute approximate surface area is 240 Å². The van der Waals surface area contributed by atoms with E-state index < -0.39 is 93.4 Å². The highest BCUT2D eigenvalue weighted by Gasteiger charge is 2.41. The van der Waals surface area contributed by atoms with Crippen molar-refractivity contribution in [2.75, 3.05) is 0 Å². The first-order valence-corrected chi connectivity index (χ1v) is 12.2. The molecule has 0 aromatic heterocycles. The lowest BCUT2D eigenvalue weighted by Gasteiger charge is -2.20. The number of hydrogen-bond acceptors (Lipinski definition) is 2. The van der Waals surface area contributed by atoms with Crippen LogP contribution in [0.2, 0.25) is 15.1 Å². The minimum atomic E-state index is -5.30.